The first-order chi connectivity index (χ1) is 11.5. The maximum Gasteiger partial charge on any atom is 0.331 e. The lowest BCUT2D eigenvalue weighted by Gasteiger charge is -2.08. The van der Waals surface area contributed by atoms with Crippen molar-refractivity contribution < 1.29 is 19.0 Å². The van der Waals surface area contributed by atoms with Crippen LogP contribution in [0.4, 0.5) is 0 Å². The third kappa shape index (κ3) is 4.66. The molecule has 0 amide bonds. The Bertz CT molecular complexity index is 736. The van der Waals surface area contributed by atoms with Crippen molar-refractivity contribution in [1.29, 1.82) is 0 Å². The van der Waals surface area contributed by atoms with Crippen LogP contribution in [0.5, 0.6) is 11.5 Å². The summed E-state index contributed by atoms with van der Waals surface area (Å²) in [4.78, 5) is 11.8. The van der Waals surface area contributed by atoms with Gasteiger partial charge in [-0.05, 0) is 35.9 Å². The van der Waals surface area contributed by atoms with Gasteiger partial charge in [-0.1, -0.05) is 35.3 Å². The van der Waals surface area contributed by atoms with E-state index in [4.69, 9.17) is 37.4 Å². The quantitative estimate of drug-likeness (QED) is 0.545. The molecule has 0 bridgehead atoms. The van der Waals surface area contributed by atoms with E-state index in [1.807, 2.05) is 0 Å². The fraction of sp³-hybridized carbons (Fsp3) is 0.167. The van der Waals surface area contributed by atoms with Gasteiger partial charge in [0.05, 0.1) is 14.2 Å². The predicted octanol–water partition coefficient (Wildman–Crippen LogP) is 4.77. The molecule has 2 aromatic carbocycles. The van der Waals surface area contributed by atoms with E-state index in [9.17, 15) is 4.79 Å². The Morgan fingerprint density at radius 3 is 2.33 bits per heavy atom. The summed E-state index contributed by atoms with van der Waals surface area (Å²) in [6, 6.07) is 10.4. The van der Waals surface area contributed by atoms with Gasteiger partial charge in [-0.25, -0.2) is 4.79 Å². The Morgan fingerprint density at radius 1 is 1.04 bits per heavy atom. The first-order valence-electron chi connectivity index (χ1n) is 7.05. The lowest BCUT2D eigenvalue weighted by Crippen LogP contribution is -2.01. The third-order valence-corrected chi connectivity index (χ3v) is 3.95. The molecule has 0 N–H and O–H groups in total. The van der Waals surface area contributed by atoms with Crippen LogP contribution >= 0.6 is 23.2 Å². The molecule has 2 rings (SSSR count). The highest BCUT2D eigenvalue weighted by atomic mass is 35.5. The monoisotopic (exact) mass is 366 g/mol. The predicted molar refractivity (Wildman–Crippen MR) is 94.8 cm³/mol. The molecule has 0 radical (unpaired) electrons. The zero-order valence-corrected chi connectivity index (χ0v) is 14.7. The van der Waals surface area contributed by atoms with E-state index in [1.54, 1.807) is 56.7 Å². The number of carbonyl (C=O) groups excluding carboxylic acids is 1. The average Bonchev–Trinajstić information content (AvgIpc) is 2.59. The third-order valence-electron chi connectivity index (χ3n) is 3.24. The normalized spacial score (nSPS) is 10.7. The van der Waals surface area contributed by atoms with Crippen LogP contribution in [0.1, 0.15) is 11.1 Å². The molecule has 0 fully saturated rings. The molecule has 0 aromatic heterocycles. The van der Waals surface area contributed by atoms with Crippen LogP contribution in [-0.4, -0.2) is 20.2 Å². The summed E-state index contributed by atoms with van der Waals surface area (Å²) in [5.41, 5.74) is 1.36. The highest BCUT2D eigenvalue weighted by Crippen LogP contribution is 2.28. The van der Waals surface area contributed by atoms with Crippen molar-refractivity contribution in [2.24, 2.45) is 0 Å². The molecule has 0 saturated carbocycles. The SMILES string of the molecule is COc1ccc(C=CC(=O)OCc2c(Cl)cccc2Cl)cc1OC. The highest BCUT2D eigenvalue weighted by molar-refractivity contribution is 6.35. The van der Waals surface area contributed by atoms with E-state index >= 15 is 0 Å². The Kier molecular flexibility index (Phi) is 6.53. The van der Waals surface area contributed by atoms with Crippen molar-refractivity contribution in [3.8, 4) is 11.5 Å². The van der Waals surface area contributed by atoms with Gasteiger partial charge in [0.2, 0.25) is 0 Å². The van der Waals surface area contributed by atoms with Crippen LogP contribution in [0, 0.1) is 0 Å². The minimum absolute atomic E-state index is 0.00755. The van der Waals surface area contributed by atoms with Crippen LogP contribution in [-0.2, 0) is 16.1 Å². The Labute approximate surface area is 150 Å². The summed E-state index contributed by atoms with van der Waals surface area (Å²) in [6.45, 7) is 0.00755. The summed E-state index contributed by atoms with van der Waals surface area (Å²) >= 11 is 12.1. The van der Waals surface area contributed by atoms with Crippen LogP contribution in [0.15, 0.2) is 42.5 Å². The summed E-state index contributed by atoms with van der Waals surface area (Å²) in [5, 5.41) is 0.915. The van der Waals surface area contributed by atoms with Crippen LogP contribution in [0.25, 0.3) is 6.08 Å². The van der Waals surface area contributed by atoms with Gasteiger partial charge in [-0.3, -0.25) is 0 Å². The van der Waals surface area contributed by atoms with Gasteiger partial charge in [0.1, 0.15) is 6.61 Å². The zero-order valence-electron chi connectivity index (χ0n) is 13.2. The molecule has 0 aliphatic heterocycles. The highest BCUT2D eigenvalue weighted by Gasteiger charge is 2.08. The Morgan fingerprint density at radius 2 is 1.71 bits per heavy atom. The molecule has 24 heavy (non-hydrogen) atoms. The molecule has 6 heteroatoms. The average molecular weight is 367 g/mol. The maximum absolute atomic E-state index is 11.8. The number of rotatable bonds is 6. The van der Waals surface area contributed by atoms with Crippen LogP contribution in [0.2, 0.25) is 10.0 Å². The number of esters is 1. The molecule has 0 aliphatic carbocycles. The van der Waals surface area contributed by atoms with Gasteiger partial charge in [0.25, 0.3) is 0 Å². The van der Waals surface area contributed by atoms with E-state index in [0.29, 0.717) is 27.1 Å². The van der Waals surface area contributed by atoms with Crippen molar-refractivity contribution in [3.63, 3.8) is 0 Å². The molecule has 0 spiro atoms. The Hall–Kier alpha value is -2.17. The summed E-state index contributed by atoms with van der Waals surface area (Å²) in [7, 11) is 3.11. The van der Waals surface area contributed by atoms with Gasteiger partial charge in [-0.15, -0.1) is 0 Å². The molecule has 0 saturated heterocycles. The molecular formula is C18H16Cl2O4. The maximum atomic E-state index is 11.8. The van der Waals surface area contributed by atoms with E-state index < -0.39 is 5.97 Å². The van der Waals surface area contributed by atoms with Crippen LogP contribution in [0.3, 0.4) is 0 Å². The van der Waals surface area contributed by atoms with E-state index in [1.165, 1.54) is 6.08 Å². The first-order valence-corrected chi connectivity index (χ1v) is 7.80. The van der Waals surface area contributed by atoms with Gasteiger partial charge in [0.15, 0.2) is 11.5 Å². The van der Waals surface area contributed by atoms with E-state index in [-0.39, 0.29) is 6.61 Å². The summed E-state index contributed by atoms with van der Waals surface area (Å²) in [5.74, 6) is 0.697. The zero-order chi connectivity index (χ0) is 17.5. The number of benzene rings is 2. The molecule has 2 aromatic rings. The number of ether oxygens (including phenoxy) is 3. The van der Waals surface area contributed by atoms with Crippen LogP contribution < -0.4 is 9.47 Å². The first kappa shape index (κ1) is 18.2. The van der Waals surface area contributed by atoms with Crippen molar-refractivity contribution in [3.05, 3.63) is 63.6 Å². The second-order valence-corrected chi connectivity index (χ2v) is 5.57. The number of halogens is 2. The lowest BCUT2D eigenvalue weighted by atomic mass is 10.2. The smallest absolute Gasteiger partial charge is 0.331 e. The summed E-state index contributed by atoms with van der Waals surface area (Å²) in [6.07, 6.45) is 2.95. The Balaban J connectivity index is 2.00. The van der Waals surface area contributed by atoms with Gasteiger partial charge in [0, 0.05) is 21.7 Å². The number of methoxy groups -OCH3 is 2. The number of hydrogen-bond acceptors (Lipinski definition) is 4. The van der Waals surface area contributed by atoms with Crippen molar-refractivity contribution in [2.75, 3.05) is 14.2 Å². The topological polar surface area (TPSA) is 44.8 Å². The van der Waals surface area contributed by atoms with E-state index in [0.717, 1.165) is 5.56 Å². The van der Waals surface area contributed by atoms with Gasteiger partial charge in [-0.2, -0.15) is 0 Å². The van der Waals surface area contributed by atoms with Crippen molar-refractivity contribution in [2.45, 2.75) is 6.61 Å². The van der Waals surface area contributed by atoms with Crippen molar-refractivity contribution >= 4 is 35.2 Å². The minimum Gasteiger partial charge on any atom is -0.493 e. The largest absolute Gasteiger partial charge is 0.493 e. The molecule has 0 unspecified atom stereocenters. The summed E-state index contributed by atoms with van der Waals surface area (Å²) < 4.78 is 15.5. The molecule has 0 atom stereocenters. The molecule has 4 nitrogen and oxygen atoms in total. The molecule has 0 aliphatic rings. The fourth-order valence-corrected chi connectivity index (χ4v) is 2.49. The molecule has 126 valence electrons. The second kappa shape index (κ2) is 8.62. The second-order valence-electron chi connectivity index (χ2n) is 4.76. The van der Waals surface area contributed by atoms with Gasteiger partial charge < -0.3 is 14.2 Å². The standard InChI is InChI=1S/C18H16Cl2O4/c1-22-16-8-6-12(10-17(16)23-2)7-9-18(21)24-11-13-14(19)4-3-5-15(13)20/h3-10H,11H2,1-2H3. The molecular weight excluding hydrogens is 351 g/mol. The minimum atomic E-state index is -0.499. The van der Waals surface area contributed by atoms with Gasteiger partial charge >= 0.3 is 5.97 Å². The lowest BCUT2D eigenvalue weighted by molar-refractivity contribution is -0.138. The molecule has 0 heterocycles. The fourth-order valence-electron chi connectivity index (χ4n) is 1.98. The number of carbonyl (C=O) groups is 1. The van der Waals surface area contributed by atoms with E-state index in [2.05, 4.69) is 0 Å². The van der Waals surface area contributed by atoms with Crippen molar-refractivity contribution in [1.82, 2.24) is 0 Å². The number of hydrogen-bond donors (Lipinski definition) is 0.